The molecule has 2 aromatic carbocycles. The Balaban J connectivity index is 2.20. The van der Waals surface area contributed by atoms with Gasteiger partial charge in [0.2, 0.25) is 0 Å². The number of nitrogens with zero attached hydrogens (tertiary/aromatic N) is 1. The summed E-state index contributed by atoms with van der Waals surface area (Å²) in [6, 6.07) is 10.6. The van der Waals surface area contributed by atoms with Crippen LogP contribution in [0.3, 0.4) is 0 Å². The minimum absolute atomic E-state index is 0.0914. The molecule has 21 heavy (non-hydrogen) atoms. The van der Waals surface area contributed by atoms with Crippen LogP contribution >= 0.6 is 0 Å². The number of aromatic hydroxyl groups is 1. The number of carbonyl (C=O) groups is 1. The summed E-state index contributed by atoms with van der Waals surface area (Å²) < 4.78 is 13.0. The van der Waals surface area contributed by atoms with E-state index in [1.54, 1.807) is 17.0 Å². The predicted molar refractivity (Wildman–Crippen MR) is 79.3 cm³/mol. The molecular weight excluding hydrogens is 271 g/mol. The number of phenolic OH excluding ortho intramolecular Hbond substituents is 1. The molecule has 5 heteroatoms. The van der Waals surface area contributed by atoms with Crippen LogP contribution in [0.5, 0.6) is 5.75 Å². The number of halogens is 1. The molecule has 0 spiro atoms. The van der Waals surface area contributed by atoms with Crippen molar-refractivity contribution in [3.05, 3.63) is 59.4 Å². The summed E-state index contributed by atoms with van der Waals surface area (Å²) in [5.41, 5.74) is 7.31. The lowest BCUT2D eigenvalue weighted by Gasteiger charge is -2.21. The van der Waals surface area contributed by atoms with Gasteiger partial charge in [-0.3, -0.25) is 4.79 Å². The molecule has 2 aromatic rings. The van der Waals surface area contributed by atoms with Gasteiger partial charge in [0.1, 0.15) is 11.6 Å². The first-order chi connectivity index (χ1) is 10.0. The Morgan fingerprint density at radius 2 is 1.90 bits per heavy atom. The molecule has 0 aromatic heterocycles. The lowest BCUT2D eigenvalue weighted by molar-refractivity contribution is 0.0749. The van der Waals surface area contributed by atoms with Crippen molar-refractivity contribution in [3.63, 3.8) is 0 Å². The fourth-order valence-electron chi connectivity index (χ4n) is 2.03. The Kier molecular flexibility index (Phi) is 4.42. The average molecular weight is 288 g/mol. The summed E-state index contributed by atoms with van der Waals surface area (Å²) in [5, 5.41) is 9.70. The van der Waals surface area contributed by atoms with Crippen molar-refractivity contribution in [1.29, 1.82) is 0 Å². The number of carbonyl (C=O) groups excluding carboxylic acids is 1. The molecular formula is C16H17FN2O2. The summed E-state index contributed by atoms with van der Waals surface area (Å²) in [6.45, 7) is 2.71. The van der Waals surface area contributed by atoms with Crippen molar-refractivity contribution in [1.82, 2.24) is 4.90 Å². The van der Waals surface area contributed by atoms with Crippen LogP contribution in [-0.2, 0) is 6.54 Å². The third kappa shape index (κ3) is 3.51. The van der Waals surface area contributed by atoms with Gasteiger partial charge >= 0.3 is 0 Å². The number of phenols is 1. The summed E-state index contributed by atoms with van der Waals surface area (Å²) in [7, 11) is 0. The first-order valence-corrected chi connectivity index (χ1v) is 6.63. The van der Waals surface area contributed by atoms with Gasteiger partial charge in [-0.15, -0.1) is 0 Å². The smallest absolute Gasteiger partial charge is 0.257 e. The molecule has 0 saturated carbocycles. The van der Waals surface area contributed by atoms with Crippen LogP contribution in [0.25, 0.3) is 0 Å². The minimum atomic E-state index is -0.578. The molecule has 0 heterocycles. The zero-order valence-corrected chi connectivity index (χ0v) is 11.7. The Morgan fingerprint density at radius 1 is 1.24 bits per heavy atom. The number of anilines is 1. The monoisotopic (exact) mass is 288 g/mol. The third-order valence-corrected chi connectivity index (χ3v) is 3.21. The number of hydrogen-bond acceptors (Lipinski definition) is 3. The van der Waals surface area contributed by atoms with Crippen molar-refractivity contribution < 1.29 is 14.3 Å². The number of hydrogen-bond donors (Lipinski definition) is 2. The molecule has 1 amide bonds. The van der Waals surface area contributed by atoms with Gasteiger partial charge in [0.05, 0.1) is 5.56 Å². The molecule has 2 rings (SSSR count). The van der Waals surface area contributed by atoms with E-state index in [9.17, 15) is 14.3 Å². The molecule has 0 bridgehead atoms. The van der Waals surface area contributed by atoms with Crippen molar-refractivity contribution in [3.8, 4) is 5.75 Å². The van der Waals surface area contributed by atoms with E-state index in [0.29, 0.717) is 18.8 Å². The third-order valence-electron chi connectivity index (χ3n) is 3.21. The number of nitrogen functional groups attached to an aromatic ring is 1. The van der Waals surface area contributed by atoms with E-state index in [2.05, 4.69) is 0 Å². The zero-order chi connectivity index (χ0) is 15.4. The molecule has 0 aliphatic carbocycles. The van der Waals surface area contributed by atoms with Gasteiger partial charge in [-0.1, -0.05) is 12.1 Å². The van der Waals surface area contributed by atoms with Crippen LogP contribution < -0.4 is 5.73 Å². The highest BCUT2D eigenvalue weighted by Gasteiger charge is 2.18. The molecule has 0 aliphatic rings. The average Bonchev–Trinajstić information content (AvgIpc) is 2.46. The normalized spacial score (nSPS) is 10.4. The topological polar surface area (TPSA) is 66.6 Å². The van der Waals surface area contributed by atoms with Crippen LogP contribution in [0.4, 0.5) is 10.1 Å². The molecule has 110 valence electrons. The molecule has 4 nitrogen and oxygen atoms in total. The zero-order valence-electron chi connectivity index (χ0n) is 11.7. The van der Waals surface area contributed by atoms with E-state index in [1.165, 1.54) is 6.07 Å². The molecule has 0 atom stereocenters. The summed E-state index contributed by atoms with van der Waals surface area (Å²) in [4.78, 5) is 14.0. The van der Waals surface area contributed by atoms with E-state index < -0.39 is 5.82 Å². The molecule has 3 N–H and O–H groups in total. The highest BCUT2D eigenvalue weighted by molar-refractivity contribution is 5.96. The summed E-state index contributed by atoms with van der Waals surface area (Å²) in [5.74, 6) is -1.27. The number of rotatable bonds is 4. The SMILES string of the molecule is CCN(Cc1ccc(N)cc1)C(=O)c1ccc(F)cc1O. The van der Waals surface area contributed by atoms with E-state index in [0.717, 1.165) is 17.7 Å². The van der Waals surface area contributed by atoms with E-state index >= 15 is 0 Å². The maximum atomic E-state index is 13.0. The van der Waals surface area contributed by atoms with E-state index in [4.69, 9.17) is 5.73 Å². The second-order valence-corrected chi connectivity index (χ2v) is 4.72. The second-order valence-electron chi connectivity index (χ2n) is 4.72. The highest BCUT2D eigenvalue weighted by atomic mass is 19.1. The number of nitrogens with two attached hydrogens (primary N) is 1. The van der Waals surface area contributed by atoms with Crippen LogP contribution in [0.1, 0.15) is 22.8 Å². The molecule has 0 aliphatic heterocycles. The van der Waals surface area contributed by atoms with Gasteiger partial charge in [0, 0.05) is 24.8 Å². The predicted octanol–water partition coefficient (Wildman–Crippen LogP) is 2.78. The van der Waals surface area contributed by atoms with Gasteiger partial charge in [-0.2, -0.15) is 0 Å². The summed E-state index contributed by atoms with van der Waals surface area (Å²) >= 11 is 0. The molecule has 0 unspecified atom stereocenters. The molecule has 0 fully saturated rings. The van der Waals surface area contributed by atoms with E-state index in [-0.39, 0.29) is 17.2 Å². The van der Waals surface area contributed by atoms with Crippen molar-refractivity contribution in [2.24, 2.45) is 0 Å². The summed E-state index contributed by atoms with van der Waals surface area (Å²) in [6.07, 6.45) is 0. The number of amides is 1. The largest absolute Gasteiger partial charge is 0.507 e. The molecule has 0 saturated heterocycles. The highest BCUT2D eigenvalue weighted by Crippen LogP contribution is 2.21. The second kappa shape index (κ2) is 6.26. The van der Waals surface area contributed by atoms with Gasteiger partial charge in [-0.25, -0.2) is 4.39 Å². The van der Waals surface area contributed by atoms with Crippen molar-refractivity contribution >= 4 is 11.6 Å². The first kappa shape index (κ1) is 14.8. The first-order valence-electron chi connectivity index (χ1n) is 6.63. The van der Waals surface area contributed by atoms with Crippen LogP contribution in [0, 0.1) is 5.82 Å². The minimum Gasteiger partial charge on any atom is -0.507 e. The van der Waals surface area contributed by atoms with Crippen LogP contribution in [-0.4, -0.2) is 22.5 Å². The Bertz CT molecular complexity index is 641. The fraction of sp³-hybridized carbons (Fsp3) is 0.188. The standard InChI is InChI=1S/C16H17FN2O2/c1-2-19(10-11-3-6-13(18)7-4-11)16(21)14-8-5-12(17)9-15(14)20/h3-9,20H,2,10,18H2,1H3. The van der Waals surface area contributed by atoms with Gasteiger partial charge in [-0.05, 0) is 36.8 Å². The van der Waals surface area contributed by atoms with Gasteiger partial charge < -0.3 is 15.7 Å². The van der Waals surface area contributed by atoms with Crippen molar-refractivity contribution in [2.75, 3.05) is 12.3 Å². The number of benzene rings is 2. The van der Waals surface area contributed by atoms with E-state index in [1.807, 2.05) is 19.1 Å². The van der Waals surface area contributed by atoms with Gasteiger partial charge in [0.25, 0.3) is 5.91 Å². The van der Waals surface area contributed by atoms with Crippen molar-refractivity contribution in [2.45, 2.75) is 13.5 Å². The maximum absolute atomic E-state index is 13.0. The maximum Gasteiger partial charge on any atom is 0.257 e. The lowest BCUT2D eigenvalue weighted by atomic mass is 10.1. The Hall–Kier alpha value is -2.56. The molecule has 0 radical (unpaired) electrons. The van der Waals surface area contributed by atoms with Crippen LogP contribution in [0.2, 0.25) is 0 Å². The quantitative estimate of drug-likeness (QED) is 0.850. The Labute approximate surface area is 122 Å². The Morgan fingerprint density at radius 3 is 2.48 bits per heavy atom. The fourth-order valence-corrected chi connectivity index (χ4v) is 2.03. The van der Waals surface area contributed by atoms with Gasteiger partial charge in [0.15, 0.2) is 0 Å². The van der Waals surface area contributed by atoms with Crippen LogP contribution in [0.15, 0.2) is 42.5 Å². The lowest BCUT2D eigenvalue weighted by Crippen LogP contribution is -2.30.